The Balaban J connectivity index is 2.43. The molecule has 1 rings (SSSR count). The van der Waals surface area contributed by atoms with Gasteiger partial charge in [-0.3, -0.25) is 18.6 Å². The number of carbonyl (C=O) groups excluding carboxylic acids is 2. The first-order valence-corrected chi connectivity index (χ1v) is 26.2. The van der Waals surface area contributed by atoms with Gasteiger partial charge in [0.2, 0.25) is 0 Å². The maximum Gasteiger partial charge on any atom is 0.472 e. The molecule has 8 atom stereocenters. The van der Waals surface area contributed by atoms with E-state index in [1.807, 2.05) is 0 Å². The Labute approximate surface area is 375 Å². The molecule has 0 bridgehead atoms. The second kappa shape index (κ2) is 38.6. The Bertz CT molecular complexity index is 1180. The molecule has 0 aliphatic heterocycles. The number of phosphoric ester groups is 1. The van der Waals surface area contributed by atoms with Gasteiger partial charge in [0.15, 0.2) is 6.10 Å². The Morgan fingerprint density at radius 3 is 1.29 bits per heavy atom. The van der Waals surface area contributed by atoms with Crippen LogP contribution in [0.4, 0.5) is 0 Å². The molecule has 0 aromatic carbocycles. The molecule has 6 unspecified atom stereocenters. The first-order valence-electron chi connectivity index (χ1n) is 24.7. The van der Waals surface area contributed by atoms with E-state index >= 15 is 0 Å². The zero-order chi connectivity index (χ0) is 45.7. The van der Waals surface area contributed by atoms with Crippen LogP contribution in [-0.4, -0.2) is 98.3 Å². The van der Waals surface area contributed by atoms with Gasteiger partial charge in [0, 0.05) is 12.8 Å². The molecule has 0 aromatic rings. The van der Waals surface area contributed by atoms with E-state index in [1.165, 1.54) is 116 Å². The number of aliphatic hydroxyl groups excluding tert-OH is 5. The van der Waals surface area contributed by atoms with Crippen LogP contribution in [-0.2, 0) is 32.7 Å². The van der Waals surface area contributed by atoms with Crippen LogP contribution in [0.5, 0.6) is 0 Å². The van der Waals surface area contributed by atoms with Gasteiger partial charge in [-0.05, 0) is 38.5 Å². The first kappa shape index (κ1) is 58.3. The summed E-state index contributed by atoms with van der Waals surface area (Å²) in [6.45, 7) is 3.29. The summed E-state index contributed by atoms with van der Waals surface area (Å²) in [5.41, 5.74) is 0. The Morgan fingerprint density at radius 2 is 0.855 bits per heavy atom. The molecule has 1 aliphatic carbocycles. The van der Waals surface area contributed by atoms with Gasteiger partial charge in [0.25, 0.3) is 0 Å². The van der Waals surface area contributed by atoms with Crippen molar-refractivity contribution >= 4 is 19.8 Å². The van der Waals surface area contributed by atoms with Crippen molar-refractivity contribution in [2.24, 2.45) is 0 Å². The van der Waals surface area contributed by atoms with Crippen LogP contribution < -0.4 is 0 Å². The predicted octanol–water partition coefficient (Wildman–Crippen LogP) is 10.0. The molecule has 0 radical (unpaired) electrons. The number of carbonyl (C=O) groups is 2. The lowest BCUT2D eigenvalue weighted by Crippen LogP contribution is -2.64. The molecule has 0 heterocycles. The highest BCUT2D eigenvalue weighted by Crippen LogP contribution is 2.47. The fourth-order valence-electron chi connectivity index (χ4n) is 7.57. The monoisotopic (exact) mass is 905 g/mol. The molecule has 364 valence electrons. The number of rotatable bonds is 41. The summed E-state index contributed by atoms with van der Waals surface area (Å²) in [5.74, 6) is -1.11. The molecule has 14 heteroatoms. The second-order valence-electron chi connectivity index (χ2n) is 17.4. The van der Waals surface area contributed by atoms with Crippen LogP contribution in [0.3, 0.4) is 0 Å². The highest BCUT2D eigenvalue weighted by atomic mass is 31.2. The number of allylic oxidation sites excluding steroid dienone is 4. The van der Waals surface area contributed by atoms with Gasteiger partial charge in [-0.2, -0.15) is 0 Å². The van der Waals surface area contributed by atoms with E-state index in [1.54, 1.807) is 0 Å². The van der Waals surface area contributed by atoms with Crippen LogP contribution in [0.2, 0.25) is 0 Å². The minimum atomic E-state index is -5.12. The third kappa shape index (κ3) is 30.5. The van der Waals surface area contributed by atoms with Gasteiger partial charge < -0.3 is 39.9 Å². The molecule has 1 fully saturated rings. The standard InChI is InChI=1S/C48H89O13P/c1-3-5-7-9-11-13-15-17-19-20-21-23-25-27-29-31-33-35-37-42(50)60-40(39-59-62(56,57)61-48-46(54)44(52)43(51)45(53)47(48)55)38-58-41(49)36-34-32-30-28-26-24-22-18-16-14-12-10-8-6-4-2/h14,16,18,22,40,43-48,51-55H,3-13,15,17,19-21,23-39H2,1-2H3,(H,56,57)/b16-14+,22-18+/t40-,43?,44+,45?,46?,47?,48?/m1/s1. The maximum absolute atomic E-state index is 12.8. The fraction of sp³-hybridized carbons (Fsp3) is 0.875. The average Bonchev–Trinajstić information content (AvgIpc) is 3.25. The average molecular weight is 905 g/mol. The summed E-state index contributed by atoms with van der Waals surface area (Å²) in [7, 11) is -5.12. The first-order chi connectivity index (χ1) is 29.9. The van der Waals surface area contributed by atoms with Gasteiger partial charge in [-0.15, -0.1) is 0 Å². The number of hydrogen-bond donors (Lipinski definition) is 6. The second-order valence-corrected chi connectivity index (χ2v) is 18.8. The van der Waals surface area contributed by atoms with Crippen molar-refractivity contribution in [3.8, 4) is 0 Å². The van der Waals surface area contributed by atoms with E-state index in [0.29, 0.717) is 12.8 Å². The van der Waals surface area contributed by atoms with E-state index in [2.05, 4.69) is 38.2 Å². The predicted molar refractivity (Wildman–Crippen MR) is 244 cm³/mol. The van der Waals surface area contributed by atoms with Crippen molar-refractivity contribution in [2.45, 2.75) is 256 Å². The van der Waals surface area contributed by atoms with Gasteiger partial charge in [-0.1, -0.05) is 186 Å². The van der Waals surface area contributed by atoms with Crippen molar-refractivity contribution in [1.82, 2.24) is 0 Å². The van der Waals surface area contributed by atoms with Gasteiger partial charge >= 0.3 is 19.8 Å². The van der Waals surface area contributed by atoms with Crippen LogP contribution in [0.1, 0.15) is 213 Å². The molecule has 0 saturated heterocycles. The Hall–Kier alpha value is -1.67. The number of aliphatic hydroxyl groups is 5. The Kier molecular flexibility index (Phi) is 36.3. The third-order valence-corrected chi connectivity index (χ3v) is 12.6. The van der Waals surface area contributed by atoms with Gasteiger partial charge in [0.05, 0.1) is 6.61 Å². The van der Waals surface area contributed by atoms with E-state index in [9.17, 15) is 44.6 Å². The molecular weight excluding hydrogens is 815 g/mol. The molecule has 1 saturated carbocycles. The van der Waals surface area contributed by atoms with Gasteiger partial charge in [0.1, 0.15) is 43.2 Å². The molecule has 1 aliphatic rings. The lowest BCUT2D eigenvalue weighted by Gasteiger charge is -2.41. The minimum Gasteiger partial charge on any atom is -0.462 e. The maximum atomic E-state index is 12.8. The highest BCUT2D eigenvalue weighted by Gasteiger charge is 2.51. The summed E-state index contributed by atoms with van der Waals surface area (Å²) in [5, 5.41) is 50.2. The fourth-order valence-corrected chi connectivity index (χ4v) is 8.55. The molecular formula is C48H89O13P. The summed E-state index contributed by atoms with van der Waals surface area (Å²) in [6, 6.07) is 0. The molecule has 6 N–H and O–H groups in total. The lowest BCUT2D eigenvalue weighted by atomic mass is 9.85. The summed E-state index contributed by atoms with van der Waals surface area (Å²) in [6.07, 6.45) is 29.4. The number of hydrogen-bond acceptors (Lipinski definition) is 12. The van der Waals surface area contributed by atoms with E-state index in [0.717, 1.165) is 57.8 Å². The molecule has 62 heavy (non-hydrogen) atoms. The molecule has 0 spiro atoms. The zero-order valence-corrected chi connectivity index (χ0v) is 39.6. The van der Waals surface area contributed by atoms with Gasteiger partial charge in [-0.25, -0.2) is 4.57 Å². The van der Waals surface area contributed by atoms with Crippen molar-refractivity contribution in [2.75, 3.05) is 13.2 Å². The number of unbranched alkanes of at least 4 members (excludes halogenated alkanes) is 26. The number of phosphoric acid groups is 1. The van der Waals surface area contributed by atoms with E-state index in [4.69, 9.17) is 18.5 Å². The number of esters is 2. The van der Waals surface area contributed by atoms with Crippen LogP contribution >= 0.6 is 7.82 Å². The third-order valence-electron chi connectivity index (χ3n) is 11.6. The SMILES string of the molecule is CCCCCC/C=C/C=C/CCCCCCCC(=O)OC[C@H](COP(=O)(O)OC1C(O)C(O)C(O)[C@H](O)C1O)OC(=O)CCCCCCCCCCCCCCCCCCCC. The molecule has 13 nitrogen and oxygen atoms in total. The lowest BCUT2D eigenvalue weighted by molar-refractivity contribution is -0.220. The zero-order valence-electron chi connectivity index (χ0n) is 38.7. The van der Waals surface area contributed by atoms with Crippen molar-refractivity contribution < 1.29 is 63.1 Å². The topological polar surface area (TPSA) is 210 Å². The van der Waals surface area contributed by atoms with Crippen molar-refractivity contribution in [3.63, 3.8) is 0 Å². The molecule has 0 aromatic heterocycles. The van der Waals surface area contributed by atoms with Crippen molar-refractivity contribution in [3.05, 3.63) is 24.3 Å². The van der Waals surface area contributed by atoms with E-state index in [-0.39, 0.29) is 12.8 Å². The van der Waals surface area contributed by atoms with Crippen molar-refractivity contribution in [1.29, 1.82) is 0 Å². The van der Waals surface area contributed by atoms with Crippen LogP contribution in [0.25, 0.3) is 0 Å². The largest absolute Gasteiger partial charge is 0.472 e. The smallest absolute Gasteiger partial charge is 0.462 e. The normalized spacial score (nSPS) is 22.0. The quantitative estimate of drug-likeness (QED) is 0.0146. The highest BCUT2D eigenvalue weighted by molar-refractivity contribution is 7.47. The Morgan fingerprint density at radius 1 is 0.500 bits per heavy atom. The van der Waals surface area contributed by atoms with Crippen LogP contribution in [0, 0.1) is 0 Å². The van der Waals surface area contributed by atoms with Crippen LogP contribution in [0.15, 0.2) is 24.3 Å². The minimum absolute atomic E-state index is 0.0979. The number of ether oxygens (including phenoxy) is 2. The summed E-state index contributed by atoms with van der Waals surface area (Å²) >= 11 is 0. The molecule has 0 amide bonds. The summed E-state index contributed by atoms with van der Waals surface area (Å²) < 4.78 is 33.6. The summed E-state index contributed by atoms with van der Waals surface area (Å²) in [4.78, 5) is 35.8. The van der Waals surface area contributed by atoms with E-state index < -0.39 is 75.7 Å².